The highest BCUT2D eigenvalue weighted by atomic mass is 79.9. The Labute approximate surface area is 120 Å². The van der Waals surface area contributed by atoms with Crippen LogP contribution in [-0.4, -0.2) is 9.97 Å². The largest absolute Gasteiger partial charge is 0.339 e. The lowest BCUT2D eigenvalue weighted by atomic mass is 10.1. The quantitative estimate of drug-likeness (QED) is 0.822. The number of hydrogen-bond acceptors (Lipinski definition) is 3. The molecule has 0 spiro atoms. The summed E-state index contributed by atoms with van der Waals surface area (Å²) in [5.74, 6) is 0.739. The number of benzene rings is 1. The highest BCUT2D eigenvalue weighted by Gasteiger charge is 2.09. The van der Waals surface area contributed by atoms with Crippen molar-refractivity contribution in [3.05, 3.63) is 44.8 Å². The molecular formula is C13H13BrClN3. The molecule has 1 aromatic carbocycles. The molecule has 3 nitrogen and oxygen atoms in total. The summed E-state index contributed by atoms with van der Waals surface area (Å²) in [6.07, 6.45) is 1.46. The summed E-state index contributed by atoms with van der Waals surface area (Å²) in [7, 11) is 0. The first-order valence-electron chi connectivity index (χ1n) is 5.50. The smallest absolute Gasteiger partial charge is 0.138 e. The summed E-state index contributed by atoms with van der Waals surface area (Å²) >= 11 is 9.47. The molecule has 2 rings (SSSR count). The van der Waals surface area contributed by atoms with Gasteiger partial charge in [-0.2, -0.15) is 0 Å². The minimum Gasteiger partial charge on any atom is -0.339 e. The third-order valence-corrected chi connectivity index (χ3v) is 3.60. The predicted molar refractivity (Wildman–Crippen MR) is 78.7 cm³/mol. The van der Waals surface area contributed by atoms with Crippen molar-refractivity contribution in [3.63, 3.8) is 0 Å². The Morgan fingerprint density at radius 3 is 2.33 bits per heavy atom. The van der Waals surface area contributed by atoms with Crippen LogP contribution in [0.1, 0.15) is 16.7 Å². The molecule has 0 fully saturated rings. The van der Waals surface area contributed by atoms with E-state index in [0.717, 1.165) is 32.7 Å². The zero-order valence-electron chi connectivity index (χ0n) is 10.4. The number of hydrogen-bond donors (Lipinski definition) is 1. The van der Waals surface area contributed by atoms with Gasteiger partial charge in [0.2, 0.25) is 0 Å². The number of nitrogens with zero attached hydrogens (tertiary/aromatic N) is 2. The van der Waals surface area contributed by atoms with E-state index in [1.165, 1.54) is 6.33 Å². The van der Waals surface area contributed by atoms with Crippen molar-refractivity contribution >= 4 is 39.0 Å². The highest BCUT2D eigenvalue weighted by molar-refractivity contribution is 9.10. The van der Waals surface area contributed by atoms with Gasteiger partial charge in [-0.25, -0.2) is 9.97 Å². The fourth-order valence-corrected chi connectivity index (χ4v) is 2.60. The zero-order chi connectivity index (χ0) is 13.3. The summed E-state index contributed by atoms with van der Waals surface area (Å²) in [4.78, 5) is 8.17. The molecule has 0 radical (unpaired) electrons. The van der Waals surface area contributed by atoms with Crippen LogP contribution < -0.4 is 5.32 Å². The lowest BCUT2D eigenvalue weighted by molar-refractivity contribution is 1.13. The standard InChI is InChI=1S/C13H13BrClN3/c1-7-4-10(14)5-8(2)11(7)18-13-9(3)12(15)16-6-17-13/h4-6H,1-3H3,(H,16,17,18). The van der Waals surface area contributed by atoms with E-state index >= 15 is 0 Å². The molecule has 94 valence electrons. The van der Waals surface area contributed by atoms with E-state index in [0.29, 0.717) is 5.15 Å². The maximum atomic E-state index is 5.99. The average Bonchev–Trinajstić information content (AvgIpc) is 2.28. The molecule has 1 aromatic heterocycles. The molecule has 0 aliphatic carbocycles. The Kier molecular flexibility index (Phi) is 3.88. The minimum absolute atomic E-state index is 0.472. The Bertz CT molecular complexity index is 576. The first kappa shape index (κ1) is 13.3. The second kappa shape index (κ2) is 5.24. The summed E-state index contributed by atoms with van der Waals surface area (Å²) in [6, 6.07) is 4.13. The molecule has 0 atom stereocenters. The number of aryl methyl sites for hydroxylation is 2. The number of halogens is 2. The van der Waals surface area contributed by atoms with Crippen molar-refractivity contribution in [3.8, 4) is 0 Å². The van der Waals surface area contributed by atoms with Crippen LogP contribution in [0, 0.1) is 20.8 Å². The van der Waals surface area contributed by atoms with Gasteiger partial charge in [-0.05, 0) is 44.0 Å². The molecular weight excluding hydrogens is 314 g/mol. The SMILES string of the molecule is Cc1cc(Br)cc(C)c1Nc1ncnc(Cl)c1C. The first-order chi connectivity index (χ1) is 8.49. The Balaban J connectivity index is 2.43. The van der Waals surface area contributed by atoms with E-state index in [-0.39, 0.29) is 0 Å². The van der Waals surface area contributed by atoms with Gasteiger partial charge in [0.15, 0.2) is 0 Å². The first-order valence-corrected chi connectivity index (χ1v) is 6.67. The van der Waals surface area contributed by atoms with Crippen LogP contribution in [0.25, 0.3) is 0 Å². The molecule has 1 heterocycles. The van der Waals surface area contributed by atoms with Gasteiger partial charge in [-0.1, -0.05) is 27.5 Å². The van der Waals surface area contributed by atoms with Crippen molar-refractivity contribution in [2.24, 2.45) is 0 Å². The summed E-state index contributed by atoms with van der Waals surface area (Å²) < 4.78 is 1.07. The lowest BCUT2D eigenvalue weighted by Crippen LogP contribution is -2.01. The molecule has 1 N–H and O–H groups in total. The molecule has 0 saturated heterocycles. The van der Waals surface area contributed by atoms with Gasteiger partial charge in [0.25, 0.3) is 0 Å². The van der Waals surface area contributed by atoms with E-state index in [4.69, 9.17) is 11.6 Å². The van der Waals surface area contributed by atoms with Gasteiger partial charge in [0.05, 0.1) is 0 Å². The molecule has 0 saturated carbocycles. The van der Waals surface area contributed by atoms with Crippen LogP contribution in [0.5, 0.6) is 0 Å². The van der Waals surface area contributed by atoms with E-state index in [1.807, 2.05) is 6.92 Å². The summed E-state index contributed by atoms with van der Waals surface area (Å²) in [5, 5.41) is 3.79. The fourth-order valence-electron chi connectivity index (χ4n) is 1.78. The van der Waals surface area contributed by atoms with Crippen molar-refractivity contribution in [2.75, 3.05) is 5.32 Å². The molecule has 0 unspecified atom stereocenters. The molecule has 0 bridgehead atoms. The van der Waals surface area contributed by atoms with Gasteiger partial charge in [0, 0.05) is 15.7 Å². The number of anilines is 2. The number of aromatic nitrogens is 2. The van der Waals surface area contributed by atoms with Crippen LogP contribution in [0.3, 0.4) is 0 Å². The molecule has 2 aromatic rings. The van der Waals surface area contributed by atoms with Gasteiger partial charge in [-0.3, -0.25) is 0 Å². The van der Waals surface area contributed by atoms with Gasteiger partial charge < -0.3 is 5.32 Å². The van der Waals surface area contributed by atoms with Crippen LogP contribution in [0.4, 0.5) is 11.5 Å². The van der Waals surface area contributed by atoms with Crippen LogP contribution in [0.15, 0.2) is 22.9 Å². The van der Waals surface area contributed by atoms with Crippen molar-refractivity contribution in [2.45, 2.75) is 20.8 Å². The summed E-state index contributed by atoms with van der Waals surface area (Å²) in [6.45, 7) is 6.00. The Morgan fingerprint density at radius 2 is 1.72 bits per heavy atom. The maximum Gasteiger partial charge on any atom is 0.138 e. The molecule has 5 heteroatoms. The minimum atomic E-state index is 0.472. The highest BCUT2D eigenvalue weighted by Crippen LogP contribution is 2.29. The topological polar surface area (TPSA) is 37.8 Å². The monoisotopic (exact) mass is 325 g/mol. The third-order valence-electron chi connectivity index (χ3n) is 2.76. The average molecular weight is 327 g/mol. The van der Waals surface area contributed by atoms with Crippen LogP contribution in [-0.2, 0) is 0 Å². The normalized spacial score (nSPS) is 10.5. The third kappa shape index (κ3) is 2.65. The van der Waals surface area contributed by atoms with Gasteiger partial charge >= 0.3 is 0 Å². The molecule has 18 heavy (non-hydrogen) atoms. The Morgan fingerprint density at radius 1 is 1.11 bits per heavy atom. The van der Waals surface area contributed by atoms with Crippen molar-refractivity contribution < 1.29 is 0 Å². The van der Waals surface area contributed by atoms with Crippen LogP contribution in [0.2, 0.25) is 5.15 Å². The predicted octanol–water partition coefficient (Wildman–Crippen LogP) is 4.56. The second-order valence-electron chi connectivity index (χ2n) is 4.18. The second-order valence-corrected chi connectivity index (χ2v) is 5.45. The summed E-state index contributed by atoms with van der Waals surface area (Å²) in [5.41, 5.74) is 4.20. The Hall–Kier alpha value is -1.13. The fraction of sp³-hybridized carbons (Fsp3) is 0.231. The zero-order valence-corrected chi connectivity index (χ0v) is 12.7. The van der Waals surface area contributed by atoms with Crippen molar-refractivity contribution in [1.29, 1.82) is 0 Å². The maximum absolute atomic E-state index is 5.99. The number of rotatable bonds is 2. The van der Waals surface area contributed by atoms with Gasteiger partial charge in [0.1, 0.15) is 17.3 Å². The van der Waals surface area contributed by atoms with Gasteiger partial charge in [-0.15, -0.1) is 0 Å². The van der Waals surface area contributed by atoms with Crippen LogP contribution >= 0.6 is 27.5 Å². The van der Waals surface area contributed by atoms with E-state index in [2.05, 4.69) is 57.2 Å². The number of nitrogens with one attached hydrogen (secondary N) is 1. The van der Waals surface area contributed by atoms with Crippen molar-refractivity contribution in [1.82, 2.24) is 9.97 Å². The van der Waals surface area contributed by atoms with E-state index < -0.39 is 0 Å². The molecule has 0 aliphatic heterocycles. The molecule has 0 aliphatic rings. The lowest BCUT2D eigenvalue weighted by Gasteiger charge is -2.14. The molecule has 0 amide bonds. The van der Waals surface area contributed by atoms with E-state index in [1.54, 1.807) is 0 Å². The van der Waals surface area contributed by atoms with E-state index in [9.17, 15) is 0 Å².